The number of rotatable bonds is 14. The molecule has 1 unspecified atom stereocenters. The van der Waals surface area contributed by atoms with E-state index in [0.717, 1.165) is 29.1 Å². The van der Waals surface area contributed by atoms with Crippen LogP contribution in [-0.2, 0) is 9.59 Å². The molecule has 49 heavy (non-hydrogen) atoms. The first kappa shape index (κ1) is 34.7. The van der Waals surface area contributed by atoms with E-state index in [0.29, 0.717) is 29.1 Å². The van der Waals surface area contributed by atoms with Crippen molar-refractivity contribution >= 4 is 46.9 Å². The SMILES string of the molecule is CCCCOc1ccc(NC(=O)C(Sc2cccc(NC(=O)/C(=C/c3ccc(F)cc3)NC(=O)c3ccccc3)c2)c2ccccc2)cc1. The third-order valence-corrected chi connectivity index (χ3v) is 8.53. The van der Waals surface area contributed by atoms with E-state index >= 15 is 0 Å². The molecular formula is C40H36FN3O4S. The Balaban J connectivity index is 1.33. The van der Waals surface area contributed by atoms with Gasteiger partial charge in [-0.25, -0.2) is 4.39 Å². The van der Waals surface area contributed by atoms with Crippen LogP contribution < -0.4 is 20.7 Å². The Morgan fingerprint density at radius 2 is 1.47 bits per heavy atom. The lowest BCUT2D eigenvalue weighted by Crippen LogP contribution is -2.30. The summed E-state index contributed by atoms with van der Waals surface area (Å²) in [6.07, 6.45) is 3.50. The number of amides is 3. The summed E-state index contributed by atoms with van der Waals surface area (Å²) in [4.78, 5) is 41.0. The van der Waals surface area contributed by atoms with Crippen molar-refractivity contribution in [3.8, 4) is 5.75 Å². The average molecular weight is 674 g/mol. The molecule has 0 aromatic heterocycles. The van der Waals surface area contributed by atoms with Crippen LogP contribution >= 0.6 is 11.8 Å². The second kappa shape index (κ2) is 17.5. The highest BCUT2D eigenvalue weighted by Gasteiger charge is 2.23. The number of carbonyl (C=O) groups is 3. The molecule has 0 heterocycles. The molecule has 3 amide bonds. The molecule has 0 fully saturated rings. The zero-order valence-electron chi connectivity index (χ0n) is 26.9. The number of anilines is 2. The van der Waals surface area contributed by atoms with Crippen LogP contribution in [0.5, 0.6) is 5.75 Å². The maximum Gasteiger partial charge on any atom is 0.272 e. The van der Waals surface area contributed by atoms with Crippen LogP contribution in [0.15, 0.2) is 144 Å². The quantitative estimate of drug-likeness (QED) is 0.0622. The summed E-state index contributed by atoms with van der Waals surface area (Å²) in [5.41, 5.74) is 2.79. The number of unbranched alkanes of at least 4 members (excludes halogenated alkanes) is 1. The molecule has 3 N–H and O–H groups in total. The highest BCUT2D eigenvalue weighted by atomic mass is 32.2. The fraction of sp³-hybridized carbons (Fsp3) is 0.125. The van der Waals surface area contributed by atoms with Gasteiger partial charge in [-0.1, -0.05) is 80.1 Å². The van der Waals surface area contributed by atoms with Crippen LogP contribution in [-0.4, -0.2) is 24.3 Å². The Kier molecular flexibility index (Phi) is 12.4. The smallest absolute Gasteiger partial charge is 0.272 e. The van der Waals surface area contributed by atoms with Gasteiger partial charge in [-0.05, 0) is 90.4 Å². The van der Waals surface area contributed by atoms with Crippen molar-refractivity contribution in [3.05, 3.63) is 162 Å². The second-order valence-electron chi connectivity index (χ2n) is 11.0. The Morgan fingerprint density at radius 3 is 2.16 bits per heavy atom. The van der Waals surface area contributed by atoms with Crippen LogP contribution in [0.1, 0.15) is 46.5 Å². The highest BCUT2D eigenvalue weighted by molar-refractivity contribution is 8.00. The average Bonchev–Trinajstić information content (AvgIpc) is 3.13. The van der Waals surface area contributed by atoms with Crippen molar-refractivity contribution in [1.82, 2.24) is 5.32 Å². The molecule has 0 bridgehead atoms. The molecule has 7 nitrogen and oxygen atoms in total. The zero-order valence-corrected chi connectivity index (χ0v) is 27.7. The Hall–Kier alpha value is -5.67. The molecule has 9 heteroatoms. The predicted octanol–water partition coefficient (Wildman–Crippen LogP) is 8.89. The van der Waals surface area contributed by atoms with E-state index in [1.54, 1.807) is 48.5 Å². The van der Waals surface area contributed by atoms with Gasteiger partial charge < -0.3 is 20.7 Å². The first-order valence-electron chi connectivity index (χ1n) is 15.9. The molecular weight excluding hydrogens is 638 g/mol. The minimum atomic E-state index is -0.605. The molecule has 1 atom stereocenters. The summed E-state index contributed by atoms with van der Waals surface area (Å²) in [6.45, 7) is 2.75. The van der Waals surface area contributed by atoms with Crippen molar-refractivity contribution < 1.29 is 23.5 Å². The monoisotopic (exact) mass is 673 g/mol. The van der Waals surface area contributed by atoms with E-state index in [9.17, 15) is 18.8 Å². The summed E-state index contributed by atoms with van der Waals surface area (Å²) in [6, 6.07) is 38.0. The van der Waals surface area contributed by atoms with Gasteiger partial charge in [0, 0.05) is 21.8 Å². The fourth-order valence-corrected chi connectivity index (χ4v) is 5.81. The van der Waals surface area contributed by atoms with Gasteiger partial charge in [0.15, 0.2) is 0 Å². The number of benzene rings is 5. The molecule has 0 radical (unpaired) electrons. The highest BCUT2D eigenvalue weighted by Crippen LogP contribution is 2.37. The van der Waals surface area contributed by atoms with Gasteiger partial charge in [-0.15, -0.1) is 11.8 Å². The lowest BCUT2D eigenvalue weighted by atomic mass is 10.1. The Bertz CT molecular complexity index is 1880. The molecule has 5 rings (SSSR count). The van der Waals surface area contributed by atoms with Gasteiger partial charge in [-0.2, -0.15) is 0 Å². The zero-order chi connectivity index (χ0) is 34.4. The van der Waals surface area contributed by atoms with E-state index in [-0.39, 0.29) is 11.6 Å². The van der Waals surface area contributed by atoms with Crippen molar-refractivity contribution in [2.24, 2.45) is 0 Å². The van der Waals surface area contributed by atoms with E-state index in [1.807, 2.05) is 60.7 Å². The largest absolute Gasteiger partial charge is 0.494 e. The van der Waals surface area contributed by atoms with E-state index in [2.05, 4.69) is 22.9 Å². The number of carbonyl (C=O) groups excluding carboxylic acids is 3. The van der Waals surface area contributed by atoms with Crippen molar-refractivity contribution in [3.63, 3.8) is 0 Å². The molecule has 5 aromatic carbocycles. The first-order valence-corrected chi connectivity index (χ1v) is 16.8. The van der Waals surface area contributed by atoms with Gasteiger partial charge in [0.1, 0.15) is 22.5 Å². The fourth-order valence-electron chi connectivity index (χ4n) is 4.73. The van der Waals surface area contributed by atoms with Crippen LogP contribution in [0.2, 0.25) is 0 Å². The van der Waals surface area contributed by atoms with E-state index in [1.165, 1.54) is 42.1 Å². The standard InChI is InChI=1S/C40H36FN3O4S/c1-2-3-25-48-34-23-21-32(22-24-34)42-40(47)37(29-11-6-4-7-12-29)49-35-16-10-15-33(27-35)43-39(46)36(26-28-17-19-31(41)20-18-28)44-38(45)30-13-8-5-9-14-30/h4-24,26-27,37H,2-3,25H2,1H3,(H,42,47)(H,43,46)(H,44,45)/b36-26-. The van der Waals surface area contributed by atoms with Crippen LogP contribution in [0.3, 0.4) is 0 Å². The van der Waals surface area contributed by atoms with Gasteiger partial charge >= 0.3 is 0 Å². The van der Waals surface area contributed by atoms with Crippen molar-refractivity contribution in [2.45, 2.75) is 29.9 Å². The van der Waals surface area contributed by atoms with Crippen LogP contribution in [0.25, 0.3) is 6.08 Å². The predicted molar refractivity (Wildman–Crippen MR) is 194 cm³/mol. The molecule has 0 saturated heterocycles. The van der Waals surface area contributed by atoms with E-state index < -0.39 is 22.9 Å². The molecule has 248 valence electrons. The lowest BCUT2D eigenvalue weighted by Gasteiger charge is -2.18. The van der Waals surface area contributed by atoms with Crippen molar-refractivity contribution in [1.29, 1.82) is 0 Å². The minimum Gasteiger partial charge on any atom is -0.494 e. The maximum absolute atomic E-state index is 13.7. The lowest BCUT2D eigenvalue weighted by molar-refractivity contribution is -0.116. The van der Waals surface area contributed by atoms with Gasteiger partial charge in [0.25, 0.3) is 11.8 Å². The molecule has 0 aliphatic rings. The third kappa shape index (κ3) is 10.4. The topological polar surface area (TPSA) is 96.5 Å². The summed E-state index contributed by atoms with van der Waals surface area (Å²) in [5, 5.41) is 7.96. The summed E-state index contributed by atoms with van der Waals surface area (Å²) < 4.78 is 19.3. The van der Waals surface area contributed by atoms with Crippen molar-refractivity contribution in [2.75, 3.05) is 17.2 Å². The minimum absolute atomic E-state index is 0.0261. The first-order chi connectivity index (χ1) is 23.9. The normalized spacial score (nSPS) is 11.7. The van der Waals surface area contributed by atoms with Gasteiger partial charge in [0.05, 0.1) is 6.61 Å². The molecule has 0 aliphatic heterocycles. The number of hydrogen-bond acceptors (Lipinski definition) is 5. The molecule has 5 aromatic rings. The van der Waals surface area contributed by atoms with Gasteiger partial charge in [-0.3, -0.25) is 14.4 Å². The number of ether oxygens (including phenoxy) is 1. The maximum atomic E-state index is 13.7. The Morgan fingerprint density at radius 1 is 0.776 bits per heavy atom. The molecule has 0 spiro atoms. The number of nitrogens with one attached hydrogen (secondary N) is 3. The number of halogens is 1. The summed E-state index contributed by atoms with van der Waals surface area (Å²) in [7, 11) is 0. The number of hydrogen-bond donors (Lipinski definition) is 3. The van der Waals surface area contributed by atoms with Crippen LogP contribution in [0.4, 0.5) is 15.8 Å². The summed E-state index contributed by atoms with van der Waals surface area (Å²) >= 11 is 1.34. The summed E-state index contributed by atoms with van der Waals surface area (Å²) in [5.74, 6) is -0.925. The number of thioether (sulfide) groups is 1. The third-order valence-electron chi connectivity index (χ3n) is 7.28. The second-order valence-corrected chi connectivity index (χ2v) is 12.2. The van der Waals surface area contributed by atoms with Gasteiger partial charge in [0.2, 0.25) is 5.91 Å². The Labute approximate surface area is 289 Å². The van der Waals surface area contributed by atoms with Crippen LogP contribution in [0, 0.1) is 5.82 Å². The molecule has 0 saturated carbocycles. The van der Waals surface area contributed by atoms with E-state index in [4.69, 9.17) is 4.74 Å². The molecule has 0 aliphatic carbocycles.